The highest BCUT2D eigenvalue weighted by Gasteiger charge is 1.97. The van der Waals surface area contributed by atoms with E-state index in [0.717, 1.165) is 0 Å². The van der Waals surface area contributed by atoms with Gasteiger partial charge >= 0.3 is 0 Å². The van der Waals surface area contributed by atoms with Gasteiger partial charge in [-0.25, -0.2) is 0 Å². The first-order valence-corrected chi connectivity index (χ1v) is 7.70. The second kappa shape index (κ2) is 6.83. The summed E-state index contributed by atoms with van der Waals surface area (Å²) < 4.78 is 9.01. The molecule has 1 atom stereocenters. The Kier molecular flexibility index (Phi) is 4.40. The predicted octanol–water partition coefficient (Wildman–Crippen LogP) is 6.02. The third kappa shape index (κ3) is 3.36. The molecule has 0 aliphatic heterocycles. The van der Waals surface area contributed by atoms with Gasteiger partial charge in [0.15, 0.2) is 0 Å². The summed E-state index contributed by atoms with van der Waals surface area (Å²) in [6, 6.07) is 25.0. The first-order chi connectivity index (χ1) is 10.4. The molecule has 1 aromatic heterocycles. The maximum atomic E-state index is 4.55. The lowest BCUT2D eigenvalue weighted by Gasteiger charge is -2.02. The number of hydrogen-bond acceptors (Lipinski definition) is 2. The molecule has 0 saturated carbocycles. The van der Waals surface area contributed by atoms with Gasteiger partial charge in [0.05, 0.1) is 8.43 Å². The SMILES string of the molecule is c1cc[pH]ooc1.c1ccc2c(c1)ccc1ccccc12. The molecule has 2 nitrogen and oxygen atoms in total. The van der Waals surface area contributed by atoms with Crippen molar-refractivity contribution >= 4 is 30.0 Å². The van der Waals surface area contributed by atoms with Crippen molar-refractivity contribution in [1.29, 1.82) is 0 Å². The van der Waals surface area contributed by atoms with Crippen molar-refractivity contribution in [2.24, 2.45) is 0 Å². The van der Waals surface area contributed by atoms with E-state index in [1.165, 1.54) is 27.8 Å². The molecule has 0 bridgehead atoms. The molecule has 3 aromatic carbocycles. The molecule has 0 radical (unpaired) electrons. The summed E-state index contributed by atoms with van der Waals surface area (Å²) in [4.78, 5) is 0. The summed E-state index contributed by atoms with van der Waals surface area (Å²) in [5.74, 6) is 1.89. The first kappa shape index (κ1) is 13.5. The monoisotopic (exact) mass is 294 g/mol. The third-order valence-electron chi connectivity index (χ3n) is 3.16. The van der Waals surface area contributed by atoms with E-state index in [1.54, 1.807) is 6.07 Å². The molecule has 1 unspecified atom stereocenters. The Hall–Kier alpha value is -2.44. The molecule has 0 amide bonds. The standard InChI is InChI=1S/C14H10.C4H5O2P/c1-3-7-13-11(5-1)9-10-12-6-2-4-8-14(12)13;1-2-4-7-6-5-3-1/h1-10H;1-4,7H. The van der Waals surface area contributed by atoms with Crippen LogP contribution in [-0.2, 0) is 0 Å². The van der Waals surface area contributed by atoms with Crippen LogP contribution in [0.15, 0.2) is 93.8 Å². The van der Waals surface area contributed by atoms with Crippen LogP contribution in [0, 0.1) is 0 Å². The lowest BCUT2D eigenvalue weighted by Crippen LogP contribution is -1.75. The smallest absolute Gasteiger partial charge is 0.143 e. The van der Waals surface area contributed by atoms with Gasteiger partial charge in [0.2, 0.25) is 0 Å². The Morgan fingerprint density at radius 3 is 1.90 bits per heavy atom. The van der Waals surface area contributed by atoms with Crippen molar-refractivity contribution in [1.82, 2.24) is 0 Å². The molecule has 0 saturated heterocycles. The molecule has 4 rings (SSSR count). The molecular formula is C18H15O2P. The van der Waals surface area contributed by atoms with Crippen LogP contribution in [0.5, 0.6) is 0 Å². The van der Waals surface area contributed by atoms with E-state index in [9.17, 15) is 0 Å². The summed E-state index contributed by atoms with van der Waals surface area (Å²) in [5.41, 5.74) is 0. The van der Waals surface area contributed by atoms with Crippen LogP contribution in [0.2, 0.25) is 0 Å². The fourth-order valence-corrected chi connectivity index (χ4v) is 2.57. The van der Waals surface area contributed by atoms with E-state index >= 15 is 0 Å². The molecule has 0 aliphatic rings. The molecule has 104 valence electrons. The minimum absolute atomic E-state index is 0.329. The summed E-state index contributed by atoms with van der Waals surface area (Å²) in [6.07, 6.45) is 1.50. The molecule has 3 heteroatoms. The predicted molar refractivity (Wildman–Crippen MR) is 89.6 cm³/mol. The van der Waals surface area contributed by atoms with Crippen LogP contribution in [0.3, 0.4) is 0 Å². The molecule has 4 aromatic rings. The average molecular weight is 294 g/mol. The first-order valence-electron chi connectivity index (χ1n) is 6.71. The van der Waals surface area contributed by atoms with Gasteiger partial charge in [-0.05, 0) is 33.4 Å². The van der Waals surface area contributed by atoms with Gasteiger partial charge < -0.3 is 0 Å². The Bertz CT molecular complexity index is 762. The summed E-state index contributed by atoms with van der Waals surface area (Å²) in [6.45, 7) is 0. The van der Waals surface area contributed by atoms with Gasteiger partial charge in [-0.3, -0.25) is 8.93 Å². The van der Waals surface area contributed by atoms with Crippen molar-refractivity contribution in [2.45, 2.75) is 0 Å². The van der Waals surface area contributed by atoms with Gasteiger partial charge in [-0.2, -0.15) is 0 Å². The Balaban J connectivity index is 0.000000160. The lowest BCUT2D eigenvalue weighted by atomic mass is 10.0. The Morgan fingerprint density at radius 2 is 1.24 bits per heavy atom. The van der Waals surface area contributed by atoms with Gasteiger partial charge in [0.1, 0.15) is 6.26 Å². The number of rotatable bonds is 0. The van der Waals surface area contributed by atoms with E-state index in [4.69, 9.17) is 0 Å². The second-order valence-electron chi connectivity index (χ2n) is 4.49. The largest absolute Gasteiger partial charge is 0.296 e. The zero-order chi connectivity index (χ0) is 14.3. The van der Waals surface area contributed by atoms with Gasteiger partial charge in [-0.1, -0.05) is 66.7 Å². The van der Waals surface area contributed by atoms with Crippen molar-refractivity contribution in [3.05, 3.63) is 84.9 Å². The summed E-state index contributed by atoms with van der Waals surface area (Å²) in [7, 11) is 0.329. The minimum atomic E-state index is 0.329. The number of hydrogen-bond donors (Lipinski definition) is 0. The third-order valence-corrected chi connectivity index (χ3v) is 3.68. The lowest BCUT2D eigenvalue weighted by molar-refractivity contribution is 0.102. The van der Waals surface area contributed by atoms with Crippen molar-refractivity contribution in [2.75, 3.05) is 0 Å². The Labute approximate surface area is 124 Å². The molecule has 0 N–H and O–H groups in total. The number of benzene rings is 3. The topological polar surface area (TPSA) is 26.3 Å². The van der Waals surface area contributed by atoms with Crippen LogP contribution >= 0.6 is 8.43 Å². The van der Waals surface area contributed by atoms with E-state index in [0.29, 0.717) is 8.43 Å². The highest BCUT2D eigenvalue weighted by molar-refractivity contribution is 7.21. The van der Waals surface area contributed by atoms with Crippen LogP contribution in [0.4, 0.5) is 0 Å². The fourth-order valence-electron chi connectivity index (χ4n) is 2.21. The van der Waals surface area contributed by atoms with Crippen molar-refractivity contribution in [3.8, 4) is 0 Å². The molecule has 0 fully saturated rings. The molecular weight excluding hydrogens is 279 g/mol. The number of fused-ring (bicyclic) bond motifs is 3. The van der Waals surface area contributed by atoms with Crippen LogP contribution in [0.25, 0.3) is 21.5 Å². The zero-order valence-electron chi connectivity index (χ0n) is 11.4. The van der Waals surface area contributed by atoms with Gasteiger partial charge in [0, 0.05) is 0 Å². The highest BCUT2D eigenvalue weighted by Crippen LogP contribution is 2.24. The van der Waals surface area contributed by atoms with Crippen LogP contribution in [0.1, 0.15) is 0 Å². The highest BCUT2D eigenvalue weighted by atomic mass is 31.1. The summed E-state index contributed by atoms with van der Waals surface area (Å²) in [5, 5.41) is 5.30. The van der Waals surface area contributed by atoms with E-state index in [1.807, 2.05) is 11.9 Å². The van der Waals surface area contributed by atoms with Gasteiger partial charge in [0.25, 0.3) is 0 Å². The van der Waals surface area contributed by atoms with Crippen LogP contribution < -0.4 is 0 Å². The fraction of sp³-hybridized carbons (Fsp3) is 0. The maximum Gasteiger partial charge on any atom is 0.143 e. The second-order valence-corrected chi connectivity index (χ2v) is 5.23. The molecule has 21 heavy (non-hydrogen) atoms. The van der Waals surface area contributed by atoms with Gasteiger partial charge in [-0.15, -0.1) is 0 Å². The average Bonchev–Trinajstić information content (AvgIpc) is 2.88. The zero-order valence-corrected chi connectivity index (χ0v) is 12.4. The maximum absolute atomic E-state index is 4.55. The Morgan fingerprint density at radius 1 is 0.619 bits per heavy atom. The van der Waals surface area contributed by atoms with Crippen molar-refractivity contribution in [3.63, 3.8) is 0 Å². The summed E-state index contributed by atoms with van der Waals surface area (Å²) >= 11 is 0. The normalized spacial score (nSPS) is 10.3. The van der Waals surface area contributed by atoms with E-state index in [2.05, 4.69) is 69.6 Å². The van der Waals surface area contributed by atoms with Crippen LogP contribution in [-0.4, -0.2) is 0 Å². The quantitative estimate of drug-likeness (QED) is 0.293. The van der Waals surface area contributed by atoms with E-state index in [-0.39, 0.29) is 0 Å². The molecule has 0 spiro atoms. The minimum Gasteiger partial charge on any atom is -0.296 e. The van der Waals surface area contributed by atoms with Crippen molar-refractivity contribution < 1.29 is 8.93 Å². The molecule has 0 aliphatic carbocycles. The molecule has 1 heterocycles. The van der Waals surface area contributed by atoms with E-state index < -0.39 is 0 Å².